The van der Waals surface area contributed by atoms with Gasteiger partial charge in [-0.25, -0.2) is 0 Å². The van der Waals surface area contributed by atoms with Gasteiger partial charge in [0.1, 0.15) is 5.03 Å². The van der Waals surface area contributed by atoms with Crippen LogP contribution >= 0.6 is 11.8 Å². The normalized spacial score (nSPS) is 9.80. The van der Waals surface area contributed by atoms with Crippen LogP contribution in [0.1, 0.15) is 12.6 Å². The van der Waals surface area contributed by atoms with Gasteiger partial charge >= 0.3 is 0 Å². The van der Waals surface area contributed by atoms with E-state index in [-0.39, 0.29) is 0 Å². The van der Waals surface area contributed by atoms with Crippen molar-refractivity contribution in [3.05, 3.63) is 17.8 Å². The highest BCUT2D eigenvalue weighted by atomic mass is 32.2. The Balaban J connectivity index is 2.69. The molecule has 1 rings (SSSR count). The third kappa shape index (κ3) is 1.99. The largest absolute Gasteiger partial charge is 0.155 e. The predicted octanol–water partition coefficient (Wildman–Crippen LogP) is 1.90. The molecule has 0 saturated heterocycles. The second-order valence-corrected chi connectivity index (χ2v) is 3.23. The summed E-state index contributed by atoms with van der Waals surface area (Å²) in [6.45, 7) is 4.04. The molecular formula is C7H10N2S. The molecule has 1 aromatic heterocycles. The molecule has 54 valence electrons. The zero-order chi connectivity index (χ0) is 7.40. The molecule has 0 bridgehead atoms. The van der Waals surface area contributed by atoms with Gasteiger partial charge in [0.2, 0.25) is 0 Å². The van der Waals surface area contributed by atoms with Crippen molar-refractivity contribution in [2.75, 3.05) is 5.75 Å². The lowest BCUT2D eigenvalue weighted by Crippen LogP contribution is -1.87. The molecule has 0 amide bonds. The van der Waals surface area contributed by atoms with Gasteiger partial charge in [-0.15, -0.1) is 16.9 Å². The summed E-state index contributed by atoms with van der Waals surface area (Å²) in [4.78, 5) is 0. The van der Waals surface area contributed by atoms with Crippen LogP contribution in [0, 0.1) is 6.92 Å². The van der Waals surface area contributed by atoms with Crippen LogP contribution in [0.3, 0.4) is 0 Å². The molecule has 0 atom stereocenters. The Morgan fingerprint density at radius 3 is 2.70 bits per heavy atom. The Labute approximate surface area is 65.1 Å². The minimum Gasteiger partial charge on any atom is -0.155 e. The second kappa shape index (κ2) is 3.56. The fourth-order valence-corrected chi connectivity index (χ4v) is 1.17. The number of nitrogens with zero attached hydrogens (tertiary/aromatic N) is 2. The summed E-state index contributed by atoms with van der Waals surface area (Å²) in [5, 5.41) is 8.92. The lowest BCUT2D eigenvalue weighted by atomic mass is 10.4. The molecular weight excluding hydrogens is 144 g/mol. The topological polar surface area (TPSA) is 25.8 Å². The van der Waals surface area contributed by atoms with Gasteiger partial charge in [0.05, 0.1) is 5.69 Å². The minimum absolute atomic E-state index is 0.973. The molecule has 2 nitrogen and oxygen atoms in total. The van der Waals surface area contributed by atoms with Crippen LogP contribution in [-0.2, 0) is 0 Å². The fourth-order valence-electron chi connectivity index (χ4n) is 0.612. The van der Waals surface area contributed by atoms with E-state index in [4.69, 9.17) is 0 Å². The van der Waals surface area contributed by atoms with Crippen molar-refractivity contribution in [3.63, 3.8) is 0 Å². The van der Waals surface area contributed by atoms with E-state index in [9.17, 15) is 0 Å². The molecule has 0 radical (unpaired) electrons. The van der Waals surface area contributed by atoms with Crippen LogP contribution in [0.25, 0.3) is 0 Å². The molecule has 10 heavy (non-hydrogen) atoms. The van der Waals surface area contributed by atoms with Crippen LogP contribution in [0.2, 0.25) is 0 Å². The lowest BCUT2D eigenvalue weighted by Gasteiger charge is -1.94. The summed E-state index contributed by atoms with van der Waals surface area (Å²) >= 11 is 1.71. The van der Waals surface area contributed by atoms with Crippen molar-refractivity contribution >= 4 is 11.8 Å². The van der Waals surface area contributed by atoms with Gasteiger partial charge in [-0.3, -0.25) is 0 Å². The Morgan fingerprint density at radius 2 is 2.20 bits per heavy atom. The molecule has 0 N–H and O–H groups in total. The molecule has 0 fully saturated rings. The van der Waals surface area contributed by atoms with Crippen molar-refractivity contribution in [2.45, 2.75) is 18.9 Å². The number of aromatic nitrogens is 2. The molecule has 3 heteroatoms. The summed E-state index contributed by atoms with van der Waals surface area (Å²) in [5.41, 5.74) is 0.973. The van der Waals surface area contributed by atoms with Gasteiger partial charge in [-0.2, -0.15) is 5.10 Å². The van der Waals surface area contributed by atoms with Crippen molar-refractivity contribution in [1.82, 2.24) is 10.2 Å². The van der Waals surface area contributed by atoms with Gasteiger partial charge < -0.3 is 0 Å². The summed E-state index contributed by atoms with van der Waals surface area (Å²) in [6, 6.07) is 3.97. The van der Waals surface area contributed by atoms with Gasteiger partial charge in [-0.05, 0) is 24.8 Å². The van der Waals surface area contributed by atoms with Crippen LogP contribution in [0.5, 0.6) is 0 Å². The lowest BCUT2D eigenvalue weighted by molar-refractivity contribution is 0.896. The van der Waals surface area contributed by atoms with Gasteiger partial charge in [-0.1, -0.05) is 6.92 Å². The van der Waals surface area contributed by atoms with Crippen molar-refractivity contribution in [3.8, 4) is 0 Å². The number of rotatable bonds is 2. The van der Waals surface area contributed by atoms with E-state index >= 15 is 0 Å². The number of hydrogen-bond donors (Lipinski definition) is 0. The van der Waals surface area contributed by atoms with Crippen LogP contribution in [0.15, 0.2) is 17.2 Å². The Morgan fingerprint density at radius 1 is 1.40 bits per heavy atom. The van der Waals surface area contributed by atoms with Crippen LogP contribution in [0.4, 0.5) is 0 Å². The standard InChI is InChI=1S/C7H10N2S/c1-3-10-7-5-4-6(2)8-9-7/h4-5H,3H2,1-2H3. The Bertz CT molecular complexity index is 195. The maximum atomic E-state index is 3.98. The van der Waals surface area contributed by atoms with E-state index in [2.05, 4.69) is 17.1 Å². The third-order valence-electron chi connectivity index (χ3n) is 1.07. The van der Waals surface area contributed by atoms with Gasteiger partial charge in [0.25, 0.3) is 0 Å². The van der Waals surface area contributed by atoms with Crippen LogP contribution in [-0.4, -0.2) is 16.0 Å². The molecule has 0 aliphatic rings. The summed E-state index contributed by atoms with van der Waals surface area (Å²) in [7, 11) is 0. The molecule has 0 aliphatic carbocycles. The van der Waals surface area contributed by atoms with Crippen molar-refractivity contribution < 1.29 is 0 Å². The first-order valence-corrected chi connectivity index (χ1v) is 4.24. The maximum absolute atomic E-state index is 3.98. The van der Waals surface area contributed by atoms with E-state index < -0.39 is 0 Å². The highest BCUT2D eigenvalue weighted by Gasteiger charge is 1.91. The van der Waals surface area contributed by atoms with E-state index in [1.54, 1.807) is 11.8 Å². The Hall–Kier alpha value is -0.570. The van der Waals surface area contributed by atoms with E-state index in [1.165, 1.54) is 0 Å². The van der Waals surface area contributed by atoms with Crippen molar-refractivity contribution in [1.29, 1.82) is 0 Å². The second-order valence-electron chi connectivity index (χ2n) is 1.95. The quantitative estimate of drug-likeness (QED) is 0.608. The van der Waals surface area contributed by atoms with Crippen LogP contribution < -0.4 is 0 Å². The van der Waals surface area contributed by atoms with Gasteiger partial charge in [0, 0.05) is 0 Å². The maximum Gasteiger partial charge on any atom is 0.119 e. The molecule has 0 aromatic carbocycles. The zero-order valence-corrected chi connectivity index (χ0v) is 6.98. The van der Waals surface area contributed by atoms with E-state index in [0.29, 0.717) is 0 Å². The zero-order valence-electron chi connectivity index (χ0n) is 6.16. The highest BCUT2D eigenvalue weighted by Crippen LogP contribution is 2.12. The molecule has 0 aliphatic heterocycles. The molecule has 0 unspecified atom stereocenters. The molecule has 1 aromatic rings. The number of hydrogen-bond acceptors (Lipinski definition) is 3. The summed E-state index contributed by atoms with van der Waals surface area (Å²) in [5.74, 6) is 1.05. The Kier molecular flexibility index (Phi) is 2.68. The number of thioether (sulfide) groups is 1. The van der Waals surface area contributed by atoms with E-state index in [0.717, 1.165) is 16.5 Å². The number of aryl methyl sites for hydroxylation is 1. The molecule has 0 saturated carbocycles. The first kappa shape index (κ1) is 7.54. The van der Waals surface area contributed by atoms with Crippen molar-refractivity contribution in [2.24, 2.45) is 0 Å². The monoisotopic (exact) mass is 154 g/mol. The smallest absolute Gasteiger partial charge is 0.119 e. The molecule has 0 spiro atoms. The minimum atomic E-state index is 0.973. The third-order valence-corrected chi connectivity index (χ3v) is 1.87. The van der Waals surface area contributed by atoms with Gasteiger partial charge in [0.15, 0.2) is 0 Å². The highest BCUT2D eigenvalue weighted by molar-refractivity contribution is 7.99. The first-order chi connectivity index (χ1) is 4.83. The first-order valence-electron chi connectivity index (χ1n) is 3.26. The fraction of sp³-hybridized carbons (Fsp3) is 0.429. The summed E-state index contributed by atoms with van der Waals surface area (Å²) in [6.07, 6.45) is 0. The molecule has 1 heterocycles. The average molecular weight is 154 g/mol. The SMILES string of the molecule is CCSc1ccc(C)nn1. The predicted molar refractivity (Wildman–Crippen MR) is 43.2 cm³/mol. The summed E-state index contributed by atoms with van der Waals surface area (Å²) < 4.78 is 0. The average Bonchev–Trinajstić information content (AvgIpc) is 1.95. The van der Waals surface area contributed by atoms with E-state index in [1.807, 2.05) is 19.1 Å².